The lowest BCUT2D eigenvalue weighted by molar-refractivity contribution is -0.137. The molecule has 0 unspecified atom stereocenters. The van der Waals surface area contributed by atoms with Crippen LogP contribution in [0.5, 0.6) is 0 Å². The molecule has 0 aliphatic rings. The summed E-state index contributed by atoms with van der Waals surface area (Å²) in [5, 5.41) is 10.7. The van der Waals surface area contributed by atoms with Gasteiger partial charge in [-0.2, -0.15) is 13.2 Å². The maximum Gasteiger partial charge on any atom is 0.416 e. The van der Waals surface area contributed by atoms with Crippen LogP contribution in [0.4, 0.5) is 18.9 Å². The molecule has 2 N–H and O–H groups in total. The zero-order valence-corrected chi connectivity index (χ0v) is 9.78. The fourth-order valence-electron chi connectivity index (χ4n) is 1.21. The molecule has 7 heteroatoms. The van der Waals surface area contributed by atoms with Crippen molar-refractivity contribution < 1.29 is 27.9 Å². The molecule has 0 radical (unpaired) electrons. The predicted molar refractivity (Wildman–Crippen MR) is 61.5 cm³/mol. The number of hydrogen-bond donors (Lipinski definition) is 2. The largest absolute Gasteiger partial charge is 0.478 e. The third-order valence-electron chi connectivity index (χ3n) is 2.14. The van der Waals surface area contributed by atoms with Crippen LogP contribution in [0, 0.1) is 0 Å². The molecule has 0 heterocycles. The van der Waals surface area contributed by atoms with E-state index in [9.17, 15) is 22.8 Å². The number of hydrogen-bond acceptors (Lipinski definition) is 2. The van der Waals surface area contributed by atoms with Crippen LogP contribution in [-0.2, 0) is 15.8 Å². The van der Waals surface area contributed by atoms with Crippen molar-refractivity contribution in [2.75, 3.05) is 5.32 Å². The van der Waals surface area contributed by atoms with E-state index in [2.05, 4.69) is 5.32 Å². The Morgan fingerprint density at radius 3 is 2.47 bits per heavy atom. The second-order valence-corrected chi connectivity index (χ2v) is 3.70. The van der Waals surface area contributed by atoms with Gasteiger partial charge in [-0.15, -0.1) is 0 Å². The number of carbonyl (C=O) groups is 2. The molecule has 1 aromatic carbocycles. The lowest BCUT2D eigenvalue weighted by Crippen LogP contribution is -2.12. The highest BCUT2D eigenvalue weighted by atomic mass is 19.4. The van der Waals surface area contributed by atoms with Gasteiger partial charge in [0.15, 0.2) is 0 Å². The van der Waals surface area contributed by atoms with Gasteiger partial charge < -0.3 is 10.4 Å². The zero-order chi connectivity index (χ0) is 14.6. The molecule has 1 rings (SSSR count). The van der Waals surface area contributed by atoms with Crippen molar-refractivity contribution in [1.82, 2.24) is 0 Å². The smallest absolute Gasteiger partial charge is 0.416 e. The van der Waals surface area contributed by atoms with Crippen molar-refractivity contribution in [2.24, 2.45) is 0 Å². The molecule has 0 spiro atoms. The van der Waals surface area contributed by atoms with Crippen molar-refractivity contribution in [2.45, 2.75) is 13.1 Å². The lowest BCUT2D eigenvalue weighted by atomic mass is 10.2. The second kappa shape index (κ2) is 5.55. The highest BCUT2D eigenvalue weighted by Crippen LogP contribution is 2.30. The summed E-state index contributed by atoms with van der Waals surface area (Å²) < 4.78 is 37.3. The number of benzene rings is 1. The van der Waals surface area contributed by atoms with E-state index in [1.54, 1.807) is 0 Å². The van der Waals surface area contributed by atoms with E-state index >= 15 is 0 Å². The molecule has 0 saturated carbocycles. The fourth-order valence-corrected chi connectivity index (χ4v) is 1.21. The topological polar surface area (TPSA) is 66.4 Å². The quantitative estimate of drug-likeness (QED) is 0.832. The summed E-state index contributed by atoms with van der Waals surface area (Å²) in [6.45, 7) is 1.20. The highest BCUT2D eigenvalue weighted by Gasteiger charge is 2.30. The van der Waals surface area contributed by atoms with Crippen molar-refractivity contribution >= 4 is 17.6 Å². The average Bonchev–Trinajstić information content (AvgIpc) is 2.27. The third kappa shape index (κ3) is 4.46. The minimum atomic E-state index is -4.51. The van der Waals surface area contributed by atoms with Gasteiger partial charge in [0.1, 0.15) is 0 Å². The number of nitrogens with one attached hydrogen (secondary N) is 1. The number of carbonyl (C=O) groups excluding carboxylic acids is 1. The number of alkyl halides is 3. The van der Waals surface area contributed by atoms with Crippen LogP contribution in [-0.4, -0.2) is 17.0 Å². The standard InChI is InChI=1S/C12H10F3NO3/c1-7(11(18)19)5-10(17)16-9-4-2-3-8(6-9)12(13,14)15/h2-6H,1H3,(H,16,17)(H,18,19). The van der Waals surface area contributed by atoms with Crippen LogP contribution >= 0.6 is 0 Å². The summed E-state index contributed by atoms with van der Waals surface area (Å²) in [7, 11) is 0. The number of anilines is 1. The number of amides is 1. The number of carboxylic acid groups (broad SMARTS) is 1. The maximum atomic E-state index is 12.4. The molecule has 0 aromatic heterocycles. The van der Waals surface area contributed by atoms with E-state index in [1.165, 1.54) is 13.0 Å². The number of carboxylic acids is 1. The van der Waals surface area contributed by atoms with Crippen molar-refractivity contribution in [3.05, 3.63) is 41.5 Å². The average molecular weight is 273 g/mol. The summed E-state index contributed by atoms with van der Waals surface area (Å²) in [6, 6.07) is 4.05. The van der Waals surface area contributed by atoms with Crippen LogP contribution in [0.3, 0.4) is 0 Å². The Balaban J connectivity index is 2.87. The van der Waals surface area contributed by atoms with E-state index in [0.29, 0.717) is 0 Å². The Hall–Kier alpha value is -2.31. The van der Waals surface area contributed by atoms with Gasteiger partial charge in [0.25, 0.3) is 0 Å². The van der Waals surface area contributed by atoms with Crippen molar-refractivity contribution in [3.8, 4) is 0 Å². The van der Waals surface area contributed by atoms with E-state index < -0.39 is 23.6 Å². The molecule has 0 fully saturated rings. The minimum absolute atomic E-state index is 0.0609. The zero-order valence-electron chi connectivity index (χ0n) is 9.78. The Bertz CT molecular complexity index is 535. The van der Waals surface area contributed by atoms with E-state index in [0.717, 1.165) is 24.3 Å². The normalized spacial score (nSPS) is 12.1. The maximum absolute atomic E-state index is 12.4. The first kappa shape index (κ1) is 14.7. The second-order valence-electron chi connectivity index (χ2n) is 3.70. The lowest BCUT2D eigenvalue weighted by Gasteiger charge is -2.08. The summed E-state index contributed by atoms with van der Waals surface area (Å²) in [5.74, 6) is -2.08. The van der Waals surface area contributed by atoms with Crippen molar-refractivity contribution in [3.63, 3.8) is 0 Å². The monoisotopic (exact) mass is 273 g/mol. The van der Waals surface area contributed by atoms with Crippen molar-refractivity contribution in [1.29, 1.82) is 0 Å². The van der Waals surface area contributed by atoms with Gasteiger partial charge in [-0.25, -0.2) is 4.79 Å². The van der Waals surface area contributed by atoms with E-state index in [1.807, 2.05) is 0 Å². The first-order valence-corrected chi connectivity index (χ1v) is 5.10. The van der Waals surface area contributed by atoms with Crippen LogP contribution in [0.15, 0.2) is 35.9 Å². The van der Waals surface area contributed by atoms with Crippen LogP contribution in [0.1, 0.15) is 12.5 Å². The molecule has 0 bridgehead atoms. The Morgan fingerprint density at radius 2 is 1.95 bits per heavy atom. The van der Waals surface area contributed by atoms with Crippen LogP contribution in [0.2, 0.25) is 0 Å². The number of halogens is 3. The summed E-state index contributed by atoms with van der Waals surface area (Å²) in [6.07, 6.45) is -3.71. The highest BCUT2D eigenvalue weighted by molar-refractivity contribution is 6.04. The molecule has 0 saturated heterocycles. The SMILES string of the molecule is CC(=CC(=O)Nc1cccc(C(F)(F)F)c1)C(=O)O. The third-order valence-corrected chi connectivity index (χ3v) is 2.14. The summed E-state index contributed by atoms with van der Waals surface area (Å²) in [4.78, 5) is 21.8. The Kier molecular flexibility index (Phi) is 4.31. The van der Waals surface area contributed by atoms with Gasteiger partial charge in [0.2, 0.25) is 5.91 Å². The molecule has 1 aromatic rings. The van der Waals surface area contributed by atoms with Gasteiger partial charge >= 0.3 is 12.1 Å². The minimum Gasteiger partial charge on any atom is -0.478 e. The van der Waals surface area contributed by atoms with Crippen LogP contribution < -0.4 is 5.32 Å². The molecular weight excluding hydrogens is 263 g/mol. The predicted octanol–water partition coefficient (Wildman–Crippen LogP) is 2.67. The molecule has 4 nitrogen and oxygen atoms in total. The Morgan fingerprint density at radius 1 is 1.32 bits per heavy atom. The Labute approximate surface area is 106 Å². The van der Waals surface area contributed by atoms with Gasteiger partial charge in [0.05, 0.1) is 5.56 Å². The molecular formula is C12H10F3NO3. The van der Waals surface area contributed by atoms with E-state index in [4.69, 9.17) is 5.11 Å². The van der Waals surface area contributed by atoms with Crippen LogP contribution in [0.25, 0.3) is 0 Å². The molecule has 0 aliphatic heterocycles. The van der Waals surface area contributed by atoms with Gasteiger partial charge in [-0.05, 0) is 25.1 Å². The number of aliphatic carboxylic acids is 1. The number of rotatable bonds is 3. The molecule has 19 heavy (non-hydrogen) atoms. The summed E-state index contributed by atoms with van der Waals surface area (Å²) >= 11 is 0. The molecule has 1 amide bonds. The van der Waals surface area contributed by atoms with Gasteiger partial charge in [0, 0.05) is 17.3 Å². The summed E-state index contributed by atoms with van der Waals surface area (Å²) in [5.41, 5.74) is -1.18. The molecule has 102 valence electrons. The fraction of sp³-hybridized carbons (Fsp3) is 0.167. The molecule has 0 atom stereocenters. The van der Waals surface area contributed by atoms with E-state index in [-0.39, 0.29) is 11.3 Å². The first-order valence-electron chi connectivity index (χ1n) is 5.10. The molecule has 0 aliphatic carbocycles. The van der Waals surface area contributed by atoms with Gasteiger partial charge in [-0.1, -0.05) is 6.07 Å². The van der Waals surface area contributed by atoms with Gasteiger partial charge in [-0.3, -0.25) is 4.79 Å². The first-order chi connectivity index (χ1) is 8.70.